The van der Waals surface area contributed by atoms with Crippen LogP contribution in [0.2, 0.25) is 0 Å². The van der Waals surface area contributed by atoms with Crippen molar-refractivity contribution in [1.29, 1.82) is 0 Å². The fourth-order valence-corrected chi connectivity index (χ4v) is 1.19. The molecule has 0 aromatic carbocycles. The maximum atomic E-state index is 12.6. The first-order valence-electron chi connectivity index (χ1n) is 4.28. The highest BCUT2D eigenvalue weighted by atomic mass is 32.2. The zero-order valence-electron chi connectivity index (χ0n) is 8.16. The van der Waals surface area contributed by atoms with Crippen molar-refractivity contribution in [3.8, 4) is 0 Å². The van der Waals surface area contributed by atoms with Crippen molar-refractivity contribution < 1.29 is 8.60 Å². The monoisotopic (exact) mass is 216 g/mol. The molecule has 1 rings (SSSR count). The first-order chi connectivity index (χ1) is 6.59. The predicted molar refractivity (Wildman–Crippen MR) is 56.2 cm³/mol. The summed E-state index contributed by atoms with van der Waals surface area (Å²) < 4.78 is 23.6. The van der Waals surface area contributed by atoms with Crippen molar-refractivity contribution in [1.82, 2.24) is 4.98 Å². The van der Waals surface area contributed by atoms with E-state index in [1.165, 1.54) is 6.07 Å². The van der Waals surface area contributed by atoms with Gasteiger partial charge in [0.2, 0.25) is 5.95 Å². The Hall–Kier alpha value is -0.970. The van der Waals surface area contributed by atoms with Gasteiger partial charge in [-0.2, -0.15) is 4.39 Å². The van der Waals surface area contributed by atoms with Crippen LogP contribution in [0.15, 0.2) is 18.2 Å². The minimum Gasteiger partial charge on any atom is -0.369 e. The number of halogens is 1. The van der Waals surface area contributed by atoms with Gasteiger partial charge < -0.3 is 5.32 Å². The van der Waals surface area contributed by atoms with Crippen molar-refractivity contribution >= 4 is 16.6 Å². The fourth-order valence-electron chi connectivity index (χ4n) is 0.872. The fraction of sp³-hybridized carbons (Fsp3) is 0.444. The minimum absolute atomic E-state index is 0.0278. The zero-order chi connectivity index (χ0) is 10.6. The van der Waals surface area contributed by atoms with Crippen LogP contribution < -0.4 is 5.32 Å². The van der Waals surface area contributed by atoms with Gasteiger partial charge in [-0.05, 0) is 19.1 Å². The average Bonchev–Trinajstić information content (AvgIpc) is 2.14. The Labute approximate surface area is 85.2 Å². The Morgan fingerprint density at radius 3 is 2.93 bits per heavy atom. The summed E-state index contributed by atoms with van der Waals surface area (Å²) in [6.45, 7) is 2.39. The molecule has 1 aromatic rings. The second kappa shape index (κ2) is 5.05. The molecule has 0 spiro atoms. The lowest BCUT2D eigenvalue weighted by molar-refractivity contribution is 0.585. The minimum atomic E-state index is -0.873. The number of nitrogens with zero attached hydrogens (tertiary/aromatic N) is 1. The number of hydrogen-bond acceptors (Lipinski definition) is 3. The summed E-state index contributed by atoms with van der Waals surface area (Å²) in [4.78, 5) is 3.63. The van der Waals surface area contributed by atoms with Gasteiger partial charge in [0.25, 0.3) is 0 Å². The van der Waals surface area contributed by atoms with E-state index in [9.17, 15) is 8.60 Å². The standard InChI is InChI=1S/C9H13FN2OS/c1-7(14(2)13)6-11-9-5-3-4-8(10)12-9/h3-5,7H,6H2,1-2H3,(H,11,12). The largest absolute Gasteiger partial charge is 0.369 e. The van der Waals surface area contributed by atoms with Gasteiger partial charge in [-0.15, -0.1) is 0 Å². The van der Waals surface area contributed by atoms with Crippen LogP contribution in [-0.2, 0) is 10.8 Å². The van der Waals surface area contributed by atoms with Crippen LogP contribution in [0.25, 0.3) is 0 Å². The van der Waals surface area contributed by atoms with Crippen LogP contribution in [0, 0.1) is 5.95 Å². The number of rotatable bonds is 4. The molecule has 1 N–H and O–H groups in total. The summed E-state index contributed by atoms with van der Waals surface area (Å²) in [6, 6.07) is 4.54. The molecule has 0 fully saturated rings. The highest BCUT2D eigenvalue weighted by Gasteiger charge is 2.05. The molecule has 2 unspecified atom stereocenters. The van der Waals surface area contributed by atoms with E-state index in [-0.39, 0.29) is 5.25 Å². The van der Waals surface area contributed by atoms with Crippen LogP contribution >= 0.6 is 0 Å². The molecule has 2 atom stereocenters. The summed E-state index contributed by atoms with van der Waals surface area (Å²) in [7, 11) is -0.873. The highest BCUT2D eigenvalue weighted by molar-refractivity contribution is 7.84. The number of anilines is 1. The Morgan fingerprint density at radius 2 is 2.36 bits per heavy atom. The summed E-state index contributed by atoms with van der Waals surface area (Å²) in [5.41, 5.74) is 0. The van der Waals surface area contributed by atoms with Gasteiger partial charge in [0.05, 0.1) is 0 Å². The van der Waals surface area contributed by atoms with Gasteiger partial charge in [-0.3, -0.25) is 4.21 Å². The zero-order valence-corrected chi connectivity index (χ0v) is 8.97. The normalized spacial score (nSPS) is 14.8. The van der Waals surface area contributed by atoms with E-state index < -0.39 is 16.7 Å². The number of nitrogens with one attached hydrogen (secondary N) is 1. The number of pyridine rings is 1. The van der Waals surface area contributed by atoms with E-state index in [1.807, 2.05) is 6.92 Å². The predicted octanol–water partition coefficient (Wildman–Crippen LogP) is 1.40. The molecule has 3 nitrogen and oxygen atoms in total. The topological polar surface area (TPSA) is 42.0 Å². The molecule has 1 heterocycles. The lowest BCUT2D eigenvalue weighted by atomic mass is 10.4. The Kier molecular flexibility index (Phi) is 4.00. The van der Waals surface area contributed by atoms with Crippen molar-refractivity contribution in [2.45, 2.75) is 12.2 Å². The van der Waals surface area contributed by atoms with Gasteiger partial charge in [0.15, 0.2) is 0 Å². The van der Waals surface area contributed by atoms with E-state index in [2.05, 4.69) is 10.3 Å². The molecule has 5 heteroatoms. The van der Waals surface area contributed by atoms with Gasteiger partial charge in [-0.25, -0.2) is 4.98 Å². The Bertz CT molecular complexity index is 332. The van der Waals surface area contributed by atoms with E-state index in [0.717, 1.165) is 0 Å². The highest BCUT2D eigenvalue weighted by Crippen LogP contribution is 2.04. The summed E-state index contributed by atoms with van der Waals surface area (Å²) in [5, 5.41) is 2.95. The maximum Gasteiger partial charge on any atom is 0.214 e. The number of hydrogen-bond donors (Lipinski definition) is 1. The molecule has 0 bridgehead atoms. The van der Waals surface area contributed by atoms with Crippen LogP contribution in [-0.4, -0.2) is 27.2 Å². The lowest BCUT2D eigenvalue weighted by Crippen LogP contribution is -2.21. The summed E-state index contributed by atoms with van der Waals surface area (Å²) in [6.07, 6.45) is 1.64. The van der Waals surface area contributed by atoms with Gasteiger partial charge >= 0.3 is 0 Å². The van der Waals surface area contributed by atoms with Crippen molar-refractivity contribution in [2.24, 2.45) is 0 Å². The second-order valence-corrected chi connectivity index (χ2v) is 4.84. The SMILES string of the molecule is CC(CNc1cccc(F)n1)S(C)=O. The first kappa shape index (κ1) is 11.1. The van der Waals surface area contributed by atoms with E-state index >= 15 is 0 Å². The molecule has 0 saturated heterocycles. The van der Waals surface area contributed by atoms with E-state index in [4.69, 9.17) is 0 Å². The second-order valence-electron chi connectivity index (χ2n) is 3.04. The summed E-state index contributed by atoms with van der Waals surface area (Å²) in [5.74, 6) is -0.0393. The molecular formula is C9H13FN2OS. The van der Waals surface area contributed by atoms with Gasteiger partial charge in [-0.1, -0.05) is 6.07 Å². The smallest absolute Gasteiger partial charge is 0.214 e. The molecule has 0 aliphatic heterocycles. The molecule has 0 amide bonds. The molecule has 0 radical (unpaired) electrons. The molecular weight excluding hydrogens is 203 g/mol. The van der Waals surface area contributed by atoms with Crippen molar-refractivity contribution in [3.63, 3.8) is 0 Å². The van der Waals surface area contributed by atoms with Crippen LogP contribution in [0.4, 0.5) is 10.2 Å². The molecule has 1 aromatic heterocycles. The molecule has 14 heavy (non-hydrogen) atoms. The van der Waals surface area contributed by atoms with Crippen molar-refractivity contribution in [2.75, 3.05) is 18.1 Å². The quantitative estimate of drug-likeness (QED) is 0.773. The Morgan fingerprint density at radius 1 is 1.64 bits per heavy atom. The molecule has 0 aliphatic rings. The van der Waals surface area contributed by atoms with Gasteiger partial charge in [0, 0.05) is 28.9 Å². The van der Waals surface area contributed by atoms with Crippen LogP contribution in [0.1, 0.15) is 6.92 Å². The molecule has 78 valence electrons. The molecule has 0 aliphatic carbocycles. The Balaban J connectivity index is 2.49. The third-order valence-electron chi connectivity index (χ3n) is 1.85. The number of aromatic nitrogens is 1. The van der Waals surface area contributed by atoms with E-state index in [0.29, 0.717) is 12.4 Å². The third-order valence-corrected chi connectivity index (χ3v) is 3.15. The van der Waals surface area contributed by atoms with Crippen LogP contribution in [0.3, 0.4) is 0 Å². The average molecular weight is 216 g/mol. The van der Waals surface area contributed by atoms with Crippen LogP contribution in [0.5, 0.6) is 0 Å². The van der Waals surface area contributed by atoms with Gasteiger partial charge in [0.1, 0.15) is 5.82 Å². The van der Waals surface area contributed by atoms with E-state index in [1.54, 1.807) is 18.4 Å². The third kappa shape index (κ3) is 3.41. The summed E-state index contributed by atoms with van der Waals surface area (Å²) >= 11 is 0. The lowest BCUT2D eigenvalue weighted by Gasteiger charge is -2.09. The maximum absolute atomic E-state index is 12.6. The molecule has 0 saturated carbocycles. The first-order valence-corrected chi connectivity index (χ1v) is 5.90. The van der Waals surface area contributed by atoms with Crippen molar-refractivity contribution in [3.05, 3.63) is 24.1 Å².